The number of sulfonamides is 1. The number of thiol groups is 1. The third-order valence-corrected chi connectivity index (χ3v) is 7.89. The summed E-state index contributed by atoms with van der Waals surface area (Å²) >= 11 is 4.51. The lowest BCUT2D eigenvalue weighted by atomic mass is 9.81. The molecule has 1 aromatic heterocycles. The van der Waals surface area contributed by atoms with Crippen LogP contribution in [0, 0.1) is 23.5 Å². The molecule has 3 rings (SSSR count). The van der Waals surface area contributed by atoms with Gasteiger partial charge in [-0.15, -0.1) is 0 Å². The highest BCUT2D eigenvalue weighted by Gasteiger charge is 2.30. The van der Waals surface area contributed by atoms with Gasteiger partial charge in [0, 0.05) is 30.1 Å². The second kappa shape index (κ2) is 12.6. The molecule has 8 nitrogen and oxygen atoms in total. The molecular weight excluding hydrogens is 520 g/mol. The summed E-state index contributed by atoms with van der Waals surface area (Å²) in [4.78, 5) is 12.8. The first-order chi connectivity index (χ1) is 17.6. The molecule has 3 unspecified atom stereocenters. The number of nitrogens with two attached hydrogens (primary N) is 1. The minimum absolute atomic E-state index is 0.0577. The Morgan fingerprint density at radius 2 is 1.97 bits per heavy atom. The normalized spacial score (nSPS) is 18.9. The van der Waals surface area contributed by atoms with E-state index in [1.807, 2.05) is 12.1 Å². The third-order valence-electron chi connectivity index (χ3n) is 5.92. The van der Waals surface area contributed by atoms with E-state index in [1.165, 1.54) is 7.11 Å². The molecule has 1 aliphatic heterocycles. The SMILES string of the molecule is COC1=N[C@@H](CC(C(=NC(C)N)c2ccncc2)C(C)CS)CC=C1NS(=O)(=O)c1ccc(F)cc1F. The predicted molar refractivity (Wildman–Crippen MR) is 143 cm³/mol. The predicted octanol–water partition coefficient (Wildman–Crippen LogP) is 3.71. The average molecular weight is 552 g/mol. The molecule has 4 atom stereocenters. The maximum Gasteiger partial charge on any atom is 0.264 e. The molecule has 0 bridgehead atoms. The Kier molecular flexibility index (Phi) is 9.80. The smallest absolute Gasteiger partial charge is 0.264 e. The number of halogens is 2. The number of dihydropyridines is 1. The fourth-order valence-corrected chi connectivity index (χ4v) is 5.47. The van der Waals surface area contributed by atoms with Crippen molar-refractivity contribution in [2.24, 2.45) is 27.6 Å². The van der Waals surface area contributed by atoms with Crippen LogP contribution in [-0.2, 0) is 14.8 Å². The monoisotopic (exact) mass is 551 g/mol. The van der Waals surface area contributed by atoms with Crippen LogP contribution in [0.3, 0.4) is 0 Å². The Labute approximate surface area is 221 Å². The van der Waals surface area contributed by atoms with Crippen molar-refractivity contribution >= 4 is 34.3 Å². The fourth-order valence-electron chi connectivity index (χ4n) is 4.08. The van der Waals surface area contributed by atoms with Crippen LogP contribution in [0.2, 0.25) is 0 Å². The van der Waals surface area contributed by atoms with Gasteiger partial charge in [0.2, 0.25) is 5.90 Å². The van der Waals surface area contributed by atoms with Crippen molar-refractivity contribution in [1.29, 1.82) is 0 Å². The van der Waals surface area contributed by atoms with Crippen molar-refractivity contribution < 1.29 is 21.9 Å². The number of aliphatic imine (C=N–C) groups is 2. The molecule has 3 N–H and O–H groups in total. The van der Waals surface area contributed by atoms with E-state index >= 15 is 0 Å². The van der Waals surface area contributed by atoms with Crippen LogP contribution in [0.15, 0.2) is 69.4 Å². The summed E-state index contributed by atoms with van der Waals surface area (Å²) in [6.07, 6.45) is 5.59. The lowest BCUT2D eigenvalue weighted by Gasteiger charge is -2.29. The van der Waals surface area contributed by atoms with Crippen LogP contribution in [0.4, 0.5) is 8.78 Å². The minimum Gasteiger partial charge on any atom is -0.480 e. The fraction of sp³-hybridized carbons (Fsp3) is 0.400. The number of benzene rings is 1. The number of rotatable bonds is 10. The highest BCUT2D eigenvalue weighted by molar-refractivity contribution is 7.89. The summed E-state index contributed by atoms with van der Waals surface area (Å²) in [7, 11) is -2.97. The molecule has 2 heterocycles. The van der Waals surface area contributed by atoms with E-state index in [2.05, 4.69) is 34.3 Å². The molecule has 0 fully saturated rings. The molecule has 0 amide bonds. The van der Waals surface area contributed by atoms with E-state index in [-0.39, 0.29) is 29.5 Å². The van der Waals surface area contributed by atoms with Gasteiger partial charge in [-0.2, -0.15) is 12.6 Å². The molecule has 12 heteroatoms. The molecule has 2 aromatic rings. The Bertz CT molecular complexity index is 1280. The Hall–Kier alpha value is -2.83. The Morgan fingerprint density at radius 1 is 1.27 bits per heavy atom. The van der Waals surface area contributed by atoms with E-state index in [0.717, 1.165) is 23.4 Å². The van der Waals surface area contributed by atoms with E-state index in [9.17, 15) is 17.2 Å². The van der Waals surface area contributed by atoms with Gasteiger partial charge in [0.05, 0.1) is 19.3 Å². The van der Waals surface area contributed by atoms with Crippen molar-refractivity contribution in [3.8, 4) is 0 Å². The Morgan fingerprint density at radius 3 is 2.57 bits per heavy atom. The summed E-state index contributed by atoms with van der Waals surface area (Å²) in [6.45, 7) is 3.88. The van der Waals surface area contributed by atoms with E-state index in [1.54, 1.807) is 25.4 Å². The minimum atomic E-state index is -4.34. The van der Waals surface area contributed by atoms with Gasteiger partial charge in [-0.05, 0) is 61.3 Å². The molecular formula is C25H31F2N5O3S2. The first-order valence-corrected chi connectivity index (χ1v) is 13.8. The standard InChI is InChI=1S/C25H31F2N5O3S2/c1-15(14-36)20(24(30-16(2)28)17-8-10-29-11-9-17)13-19-5-6-22(25(31-19)35-3)32-37(33,34)23-7-4-18(26)12-21(23)27/h4,6-12,15-16,19-20,32,36H,5,13-14,28H2,1-3H3/t15?,16?,19-,20?/m1/s1. The largest absolute Gasteiger partial charge is 0.480 e. The van der Waals surface area contributed by atoms with Crippen LogP contribution in [-0.4, -0.2) is 50.1 Å². The van der Waals surface area contributed by atoms with Gasteiger partial charge in [0.15, 0.2) is 0 Å². The summed E-state index contributed by atoms with van der Waals surface area (Å²) in [6, 6.07) is 5.76. The molecule has 0 spiro atoms. The second-order valence-electron chi connectivity index (χ2n) is 8.82. The van der Waals surface area contributed by atoms with Crippen molar-refractivity contribution in [2.45, 2.75) is 43.8 Å². The number of hydrogen-bond acceptors (Lipinski definition) is 8. The molecule has 0 saturated heterocycles. The van der Waals surface area contributed by atoms with Crippen molar-refractivity contribution in [3.63, 3.8) is 0 Å². The highest BCUT2D eigenvalue weighted by Crippen LogP contribution is 2.29. The van der Waals surface area contributed by atoms with Crippen molar-refractivity contribution in [1.82, 2.24) is 9.71 Å². The average Bonchev–Trinajstić information content (AvgIpc) is 2.86. The maximum absolute atomic E-state index is 14.1. The highest BCUT2D eigenvalue weighted by atomic mass is 32.2. The first kappa shape index (κ1) is 28.7. The van der Waals surface area contributed by atoms with Gasteiger partial charge in [-0.25, -0.2) is 22.2 Å². The molecule has 0 aliphatic carbocycles. The summed E-state index contributed by atoms with van der Waals surface area (Å²) < 4.78 is 60.6. The van der Waals surface area contributed by atoms with E-state index < -0.39 is 32.7 Å². The van der Waals surface area contributed by atoms with E-state index in [0.29, 0.717) is 24.7 Å². The van der Waals surface area contributed by atoms with Crippen LogP contribution in [0.25, 0.3) is 0 Å². The topological polar surface area (TPSA) is 119 Å². The zero-order chi connectivity index (χ0) is 27.2. The number of ether oxygens (including phenoxy) is 1. The van der Waals surface area contributed by atoms with Crippen LogP contribution in [0.1, 0.15) is 32.3 Å². The van der Waals surface area contributed by atoms with Gasteiger partial charge in [0.1, 0.15) is 22.2 Å². The number of aromatic nitrogens is 1. The lowest BCUT2D eigenvalue weighted by molar-refractivity contribution is 0.378. The van der Waals surface area contributed by atoms with Crippen LogP contribution in [0.5, 0.6) is 0 Å². The van der Waals surface area contributed by atoms with Gasteiger partial charge in [0.25, 0.3) is 10.0 Å². The van der Waals surface area contributed by atoms with Crippen LogP contribution >= 0.6 is 12.6 Å². The first-order valence-electron chi connectivity index (χ1n) is 11.7. The molecule has 200 valence electrons. The van der Waals surface area contributed by atoms with Gasteiger partial charge < -0.3 is 10.5 Å². The number of nitrogens with one attached hydrogen (secondary N) is 1. The lowest BCUT2D eigenvalue weighted by Crippen LogP contribution is -2.34. The summed E-state index contributed by atoms with van der Waals surface area (Å²) in [5.74, 6) is -1.34. The Balaban J connectivity index is 1.86. The summed E-state index contributed by atoms with van der Waals surface area (Å²) in [5, 5.41) is 0. The molecule has 1 aromatic carbocycles. The molecule has 1 aliphatic rings. The number of nitrogens with zero attached hydrogens (tertiary/aromatic N) is 3. The van der Waals surface area contributed by atoms with Crippen molar-refractivity contribution in [2.75, 3.05) is 12.9 Å². The van der Waals surface area contributed by atoms with Gasteiger partial charge in [-0.1, -0.05) is 13.0 Å². The number of hydrogen-bond donors (Lipinski definition) is 3. The zero-order valence-corrected chi connectivity index (χ0v) is 22.5. The third kappa shape index (κ3) is 7.36. The molecule has 37 heavy (non-hydrogen) atoms. The number of methoxy groups -OCH3 is 1. The number of pyridine rings is 1. The quantitative estimate of drug-likeness (QED) is 0.307. The van der Waals surface area contributed by atoms with Gasteiger partial charge >= 0.3 is 0 Å². The van der Waals surface area contributed by atoms with E-state index in [4.69, 9.17) is 15.5 Å². The second-order valence-corrected chi connectivity index (χ2v) is 10.8. The molecule has 0 saturated carbocycles. The van der Waals surface area contributed by atoms with Gasteiger partial charge in [-0.3, -0.25) is 14.7 Å². The van der Waals surface area contributed by atoms with Crippen molar-refractivity contribution in [3.05, 3.63) is 71.7 Å². The van der Waals surface area contributed by atoms with Crippen LogP contribution < -0.4 is 10.5 Å². The zero-order valence-electron chi connectivity index (χ0n) is 20.8. The maximum atomic E-state index is 14.1. The molecule has 0 radical (unpaired) electrons. The summed E-state index contributed by atoms with van der Waals surface area (Å²) in [5.41, 5.74) is 7.86.